The second-order valence-corrected chi connectivity index (χ2v) is 3.96. The molecule has 0 aliphatic carbocycles. The fraction of sp³-hybridized carbons (Fsp3) is 0.286. The van der Waals surface area contributed by atoms with Gasteiger partial charge in [-0.25, -0.2) is 4.79 Å². The number of carbonyl (C=O) groups is 2. The molecule has 0 aliphatic heterocycles. The predicted octanol–water partition coefficient (Wildman–Crippen LogP) is 2.04. The zero-order valence-corrected chi connectivity index (χ0v) is 10.5. The maximum absolute atomic E-state index is 11.5. The van der Waals surface area contributed by atoms with Gasteiger partial charge in [-0.1, -0.05) is 12.0 Å². The number of carbonyl (C=O) groups excluding carboxylic acids is 1. The molecule has 5 nitrogen and oxygen atoms in total. The number of anilines is 1. The lowest BCUT2D eigenvalue weighted by molar-refractivity contribution is -0.137. The first-order chi connectivity index (χ1) is 9.11. The number of urea groups is 1. The first-order valence-electron chi connectivity index (χ1n) is 5.95. The van der Waals surface area contributed by atoms with Crippen molar-refractivity contribution in [2.24, 2.45) is 0 Å². The highest BCUT2D eigenvalue weighted by Gasteiger charge is 2.02. The number of hydrogen-bond donors (Lipinski definition) is 3. The van der Waals surface area contributed by atoms with Gasteiger partial charge in [-0.3, -0.25) is 4.79 Å². The molecule has 0 spiro atoms. The smallest absolute Gasteiger partial charge is 0.319 e. The summed E-state index contributed by atoms with van der Waals surface area (Å²) in [6, 6.07) is 6.64. The van der Waals surface area contributed by atoms with Crippen LogP contribution in [0.4, 0.5) is 10.5 Å². The Bertz CT molecular complexity index is 492. The summed E-state index contributed by atoms with van der Waals surface area (Å²) in [5.41, 5.74) is 1.32. The van der Waals surface area contributed by atoms with E-state index in [1.54, 1.807) is 24.3 Å². The number of carboxylic acid groups (broad SMARTS) is 1. The predicted molar refractivity (Wildman–Crippen MR) is 72.9 cm³/mol. The monoisotopic (exact) mass is 260 g/mol. The standard InChI is InChI=1S/C14H16N2O3/c1-2-11-6-5-7-12(10-11)16-14(19)15-9-4-3-8-13(17)18/h1,5-7,10H,3-4,8-9H2,(H,17,18)(H2,15,16,19). The number of benzene rings is 1. The van der Waals surface area contributed by atoms with E-state index in [2.05, 4.69) is 16.6 Å². The van der Waals surface area contributed by atoms with Gasteiger partial charge in [0.1, 0.15) is 0 Å². The Hall–Kier alpha value is -2.48. The van der Waals surface area contributed by atoms with E-state index >= 15 is 0 Å². The summed E-state index contributed by atoms with van der Waals surface area (Å²) >= 11 is 0. The topological polar surface area (TPSA) is 78.4 Å². The maximum Gasteiger partial charge on any atom is 0.319 e. The van der Waals surface area contributed by atoms with Crippen molar-refractivity contribution in [3.63, 3.8) is 0 Å². The third-order valence-electron chi connectivity index (χ3n) is 2.39. The molecule has 0 fully saturated rings. The van der Waals surface area contributed by atoms with Gasteiger partial charge in [0.05, 0.1) is 0 Å². The van der Waals surface area contributed by atoms with Crippen LogP contribution in [0.5, 0.6) is 0 Å². The van der Waals surface area contributed by atoms with Gasteiger partial charge < -0.3 is 15.7 Å². The lowest BCUT2D eigenvalue weighted by atomic mass is 10.2. The van der Waals surface area contributed by atoms with Gasteiger partial charge in [0.15, 0.2) is 0 Å². The number of carboxylic acids is 1. The fourth-order valence-corrected chi connectivity index (χ4v) is 1.47. The molecule has 0 aromatic heterocycles. The van der Waals surface area contributed by atoms with E-state index in [-0.39, 0.29) is 12.5 Å². The molecule has 0 bridgehead atoms. The summed E-state index contributed by atoms with van der Waals surface area (Å²) in [6.45, 7) is 0.438. The van der Waals surface area contributed by atoms with Crippen molar-refractivity contribution in [1.82, 2.24) is 5.32 Å². The third kappa shape index (κ3) is 6.13. The van der Waals surface area contributed by atoms with E-state index in [4.69, 9.17) is 11.5 Å². The molecule has 0 saturated heterocycles. The molecule has 0 saturated carbocycles. The van der Waals surface area contributed by atoms with Gasteiger partial charge in [-0.2, -0.15) is 0 Å². The van der Waals surface area contributed by atoms with Crippen LogP contribution in [-0.2, 0) is 4.79 Å². The number of hydrogen-bond acceptors (Lipinski definition) is 2. The molecule has 1 aromatic carbocycles. The minimum Gasteiger partial charge on any atom is -0.481 e. The van der Waals surface area contributed by atoms with Crippen molar-refractivity contribution in [3.05, 3.63) is 29.8 Å². The van der Waals surface area contributed by atoms with Crippen molar-refractivity contribution in [1.29, 1.82) is 0 Å². The molecule has 0 heterocycles. The highest BCUT2D eigenvalue weighted by atomic mass is 16.4. The number of nitrogens with one attached hydrogen (secondary N) is 2. The van der Waals surface area contributed by atoms with E-state index in [9.17, 15) is 9.59 Å². The molecule has 5 heteroatoms. The van der Waals surface area contributed by atoms with Gasteiger partial charge in [0.25, 0.3) is 0 Å². The van der Waals surface area contributed by atoms with E-state index < -0.39 is 5.97 Å². The molecular weight excluding hydrogens is 244 g/mol. The number of amides is 2. The van der Waals surface area contributed by atoms with Crippen molar-refractivity contribution < 1.29 is 14.7 Å². The summed E-state index contributed by atoms with van der Waals surface area (Å²) in [5.74, 6) is 1.66. The second-order valence-electron chi connectivity index (χ2n) is 3.96. The minimum atomic E-state index is -0.824. The third-order valence-corrected chi connectivity index (χ3v) is 2.39. The molecule has 3 N–H and O–H groups in total. The summed E-state index contributed by atoms with van der Waals surface area (Å²) in [6.07, 6.45) is 6.55. The Morgan fingerprint density at radius 3 is 2.79 bits per heavy atom. The Morgan fingerprint density at radius 2 is 2.11 bits per heavy atom. The minimum absolute atomic E-state index is 0.119. The van der Waals surface area contributed by atoms with Crippen LogP contribution in [0.2, 0.25) is 0 Å². The van der Waals surface area contributed by atoms with Gasteiger partial charge in [0.2, 0.25) is 0 Å². The molecule has 100 valence electrons. The summed E-state index contributed by atoms with van der Waals surface area (Å²) < 4.78 is 0. The highest BCUT2D eigenvalue weighted by molar-refractivity contribution is 5.89. The van der Waals surface area contributed by atoms with E-state index in [0.29, 0.717) is 30.6 Å². The zero-order valence-electron chi connectivity index (χ0n) is 10.5. The van der Waals surface area contributed by atoms with Crippen LogP contribution in [0.25, 0.3) is 0 Å². The number of rotatable bonds is 6. The van der Waals surface area contributed by atoms with Crippen molar-refractivity contribution in [2.45, 2.75) is 19.3 Å². The van der Waals surface area contributed by atoms with Crippen LogP contribution < -0.4 is 10.6 Å². The summed E-state index contributed by atoms with van der Waals surface area (Å²) in [7, 11) is 0. The van der Waals surface area contributed by atoms with Crippen LogP contribution in [0.3, 0.4) is 0 Å². The first-order valence-corrected chi connectivity index (χ1v) is 5.95. The largest absolute Gasteiger partial charge is 0.481 e. The van der Waals surface area contributed by atoms with Crippen LogP contribution in [0, 0.1) is 12.3 Å². The molecule has 0 radical (unpaired) electrons. The lowest BCUT2D eigenvalue weighted by Gasteiger charge is -2.07. The molecule has 0 unspecified atom stereocenters. The van der Waals surface area contributed by atoms with Gasteiger partial charge >= 0.3 is 12.0 Å². The highest BCUT2D eigenvalue weighted by Crippen LogP contribution is 2.09. The Labute approximate surface area is 112 Å². The normalized spacial score (nSPS) is 9.42. The van der Waals surface area contributed by atoms with E-state index in [0.717, 1.165) is 0 Å². The lowest BCUT2D eigenvalue weighted by Crippen LogP contribution is -2.29. The average molecular weight is 260 g/mol. The van der Waals surface area contributed by atoms with Gasteiger partial charge in [0, 0.05) is 24.2 Å². The summed E-state index contributed by atoms with van der Waals surface area (Å²) in [5, 5.41) is 13.8. The van der Waals surface area contributed by atoms with Crippen molar-refractivity contribution in [3.8, 4) is 12.3 Å². The maximum atomic E-state index is 11.5. The van der Waals surface area contributed by atoms with Crippen LogP contribution in [0.1, 0.15) is 24.8 Å². The number of aliphatic carboxylic acids is 1. The van der Waals surface area contributed by atoms with E-state index in [1.807, 2.05) is 0 Å². The van der Waals surface area contributed by atoms with E-state index in [1.165, 1.54) is 0 Å². The molecule has 0 aliphatic rings. The quantitative estimate of drug-likeness (QED) is 0.541. The van der Waals surface area contributed by atoms with Crippen LogP contribution in [0.15, 0.2) is 24.3 Å². The molecule has 1 rings (SSSR count). The van der Waals surface area contributed by atoms with Crippen molar-refractivity contribution in [2.75, 3.05) is 11.9 Å². The number of terminal acetylenes is 1. The molecular formula is C14H16N2O3. The number of unbranched alkanes of at least 4 members (excludes halogenated alkanes) is 1. The Balaban J connectivity index is 2.27. The SMILES string of the molecule is C#Cc1cccc(NC(=O)NCCCCC(=O)O)c1. The van der Waals surface area contributed by atoms with Gasteiger partial charge in [-0.05, 0) is 31.0 Å². The molecule has 1 aromatic rings. The Morgan fingerprint density at radius 1 is 1.32 bits per heavy atom. The molecule has 19 heavy (non-hydrogen) atoms. The first kappa shape index (κ1) is 14.6. The van der Waals surface area contributed by atoms with Gasteiger partial charge in [-0.15, -0.1) is 6.42 Å². The average Bonchev–Trinajstić information content (AvgIpc) is 2.38. The molecule has 2 amide bonds. The summed E-state index contributed by atoms with van der Waals surface area (Å²) in [4.78, 5) is 21.8. The molecule has 0 atom stereocenters. The van der Waals surface area contributed by atoms with Crippen LogP contribution in [-0.4, -0.2) is 23.7 Å². The van der Waals surface area contributed by atoms with Crippen molar-refractivity contribution >= 4 is 17.7 Å². The Kier molecular flexibility index (Phi) is 5.96. The zero-order chi connectivity index (χ0) is 14.1. The van der Waals surface area contributed by atoms with Crippen LogP contribution >= 0.6 is 0 Å². The fourth-order valence-electron chi connectivity index (χ4n) is 1.47. The second kappa shape index (κ2) is 7.77.